The number of halogens is 2. The van der Waals surface area contributed by atoms with Crippen LogP contribution in [0.3, 0.4) is 0 Å². The summed E-state index contributed by atoms with van der Waals surface area (Å²) >= 11 is 0. The highest BCUT2D eigenvalue weighted by atomic mass is 19.1. The topological polar surface area (TPSA) is 59.1 Å². The van der Waals surface area contributed by atoms with Crippen molar-refractivity contribution in [2.24, 2.45) is 5.73 Å². The zero-order valence-electron chi connectivity index (χ0n) is 10.9. The van der Waals surface area contributed by atoms with Crippen LogP contribution in [0.5, 0.6) is 5.75 Å². The van der Waals surface area contributed by atoms with Gasteiger partial charge in [0.2, 0.25) is 0 Å². The number of amidine groups is 1. The van der Waals surface area contributed by atoms with Gasteiger partial charge in [0, 0.05) is 11.1 Å². The second-order valence-electron chi connectivity index (χ2n) is 4.44. The first kappa shape index (κ1) is 14.0. The molecule has 0 amide bonds. The molecular weight excluding hydrogens is 262 g/mol. The molecule has 0 heterocycles. The van der Waals surface area contributed by atoms with E-state index in [0.717, 1.165) is 11.6 Å². The van der Waals surface area contributed by atoms with Gasteiger partial charge in [0.25, 0.3) is 0 Å². The van der Waals surface area contributed by atoms with Crippen LogP contribution in [-0.4, -0.2) is 5.84 Å². The quantitative estimate of drug-likeness (QED) is 0.665. The Balaban J connectivity index is 2.15. The summed E-state index contributed by atoms with van der Waals surface area (Å²) in [5.74, 6) is -1.15. The van der Waals surface area contributed by atoms with E-state index in [-0.39, 0.29) is 23.8 Å². The Hall–Kier alpha value is -2.43. The number of nitrogen functional groups attached to an aromatic ring is 1. The van der Waals surface area contributed by atoms with Gasteiger partial charge in [-0.05, 0) is 30.7 Å². The fourth-order valence-corrected chi connectivity index (χ4v) is 1.71. The molecule has 0 spiro atoms. The summed E-state index contributed by atoms with van der Waals surface area (Å²) in [5, 5.41) is 7.22. The van der Waals surface area contributed by atoms with Crippen molar-refractivity contribution in [3.05, 3.63) is 64.7 Å². The van der Waals surface area contributed by atoms with Gasteiger partial charge in [-0.25, -0.2) is 8.78 Å². The molecular formula is C15H14F2N2O. The van der Waals surface area contributed by atoms with Gasteiger partial charge in [-0.2, -0.15) is 0 Å². The molecule has 2 aromatic carbocycles. The number of nitrogens with one attached hydrogen (secondary N) is 1. The lowest BCUT2D eigenvalue weighted by Crippen LogP contribution is -2.12. The highest BCUT2D eigenvalue weighted by Crippen LogP contribution is 2.20. The molecule has 0 aliphatic carbocycles. The van der Waals surface area contributed by atoms with Crippen LogP contribution >= 0.6 is 0 Å². The monoisotopic (exact) mass is 276 g/mol. The molecule has 2 rings (SSSR count). The number of rotatable bonds is 4. The summed E-state index contributed by atoms with van der Waals surface area (Å²) in [7, 11) is 0. The first-order chi connectivity index (χ1) is 9.47. The minimum Gasteiger partial charge on any atom is -0.486 e. The van der Waals surface area contributed by atoms with Gasteiger partial charge in [0.1, 0.15) is 18.3 Å². The van der Waals surface area contributed by atoms with E-state index in [2.05, 4.69) is 0 Å². The average molecular weight is 276 g/mol. The van der Waals surface area contributed by atoms with Crippen LogP contribution < -0.4 is 10.5 Å². The molecule has 3 nitrogen and oxygen atoms in total. The zero-order chi connectivity index (χ0) is 14.7. The molecule has 0 aromatic heterocycles. The van der Waals surface area contributed by atoms with E-state index >= 15 is 0 Å². The van der Waals surface area contributed by atoms with Gasteiger partial charge in [-0.1, -0.05) is 18.2 Å². The molecule has 3 N–H and O–H groups in total. The summed E-state index contributed by atoms with van der Waals surface area (Å²) < 4.78 is 32.5. The lowest BCUT2D eigenvalue weighted by molar-refractivity contribution is 0.284. The number of hydrogen-bond donors (Lipinski definition) is 2. The maximum atomic E-state index is 13.8. The van der Waals surface area contributed by atoms with Gasteiger partial charge < -0.3 is 10.5 Å². The number of nitrogens with two attached hydrogens (primary N) is 1. The molecule has 0 fully saturated rings. The van der Waals surface area contributed by atoms with E-state index < -0.39 is 11.6 Å². The lowest BCUT2D eigenvalue weighted by atomic mass is 10.1. The third-order valence-electron chi connectivity index (χ3n) is 2.83. The molecule has 0 unspecified atom stereocenters. The highest BCUT2D eigenvalue weighted by molar-refractivity contribution is 5.94. The highest BCUT2D eigenvalue weighted by Gasteiger charge is 2.08. The predicted molar refractivity (Wildman–Crippen MR) is 72.9 cm³/mol. The van der Waals surface area contributed by atoms with Crippen molar-refractivity contribution in [2.75, 3.05) is 0 Å². The van der Waals surface area contributed by atoms with Crippen LogP contribution in [-0.2, 0) is 6.61 Å². The fraction of sp³-hybridized carbons (Fsp3) is 0.133. The smallest absolute Gasteiger partial charge is 0.165 e. The third kappa shape index (κ3) is 3.12. The molecule has 0 atom stereocenters. The van der Waals surface area contributed by atoms with Crippen molar-refractivity contribution >= 4 is 5.84 Å². The first-order valence-corrected chi connectivity index (χ1v) is 5.99. The summed E-state index contributed by atoms with van der Waals surface area (Å²) in [6.45, 7) is 1.72. The molecule has 0 saturated carbocycles. The Kier molecular flexibility index (Phi) is 3.98. The Morgan fingerprint density at radius 1 is 1.15 bits per heavy atom. The van der Waals surface area contributed by atoms with E-state index in [0.29, 0.717) is 5.56 Å². The Labute approximate surface area is 115 Å². The standard InChI is InChI=1S/C15H14F2N2O/c1-9-2-5-12(16)14(6-9)20-8-11-4-3-10(15(18)19)7-13(11)17/h2-7H,8H2,1H3,(H3,18,19). The van der Waals surface area contributed by atoms with Crippen LogP contribution in [0.4, 0.5) is 8.78 Å². The molecule has 0 radical (unpaired) electrons. The maximum Gasteiger partial charge on any atom is 0.165 e. The van der Waals surface area contributed by atoms with E-state index in [1.54, 1.807) is 12.1 Å². The van der Waals surface area contributed by atoms with Crippen LogP contribution in [0.25, 0.3) is 0 Å². The third-order valence-corrected chi connectivity index (χ3v) is 2.83. The van der Waals surface area contributed by atoms with E-state index in [4.69, 9.17) is 15.9 Å². The van der Waals surface area contributed by atoms with Gasteiger partial charge >= 0.3 is 0 Å². The van der Waals surface area contributed by atoms with Crippen molar-refractivity contribution < 1.29 is 13.5 Å². The number of aryl methyl sites for hydroxylation is 1. The number of hydrogen-bond acceptors (Lipinski definition) is 2. The predicted octanol–water partition coefficient (Wildman–Crippen LogP) is 3.14. The van der Waals surface area contributed by atoms with Crippen molar-refractivity contribution in [1.29, 1.82) is 5.41 Å². The van der Waals surface area contributed by atoms with Crippen LogP contribution in [0.15, 0.2) is 36.4 Å². The van der Waals surface area contributed by atoms with Gasteiger partial charge in [0.05, 0.1) is 0 Å². The largest absolute Gasteiger partial charge is 0.486 e. The second-order valence-corrected chi connectivity index (χ2v) is 4.44. The van der Waals surface area contributed by atoms with Crippen LogP contribution in [0.1, 0.15) is 16.7 Å². The summed E-state index contributed by atoms with van der Waals surface area (Å²) in [6, 6.07) is 8.64. The van der Waals surface area contributed by atoms with Crippen LogP contribution in [0, 0.1) is 24.0 Å². The van der Waals surface area contributed by atoms with Gasteiger partial charge in [0.15, 0.2) is 11.6 Å². The molecule has 5 heteroatoms. The molecule has 2 aromatic rings. The molecule has 0 bridgehead atoms. The second kappa shape index (κ2) is 5.69. The SMILES string of the molecule is Cc1ccc(F)c(OCc2ccc(C(=N)N)cc2F)c1. The van der Waals surface area contributed by atoms with Gasteiger partial charge in [-0.3, -0.25) is 5.41 Å². The molecule has 104 valence electrons. The van der Waals surface area contributed by atoms with Crippen molar-refractivity contribution in [2.45, 2.75) is 13.5 Å². The van der Waals surface area contributed by atoms with E-state index in [1.165, 1.54) is 18.2 Å². The average Bonchev–Trinajstić information content (AvgIpc) is 2.40. The van der Waals surface area contributed by atoms with Gasteiger partial charge in [-0.15, -0.1) is 0 Å². The van der Waals surface area contributed by atoms with Crippen molar-refractivity contribution in [3.63, 3.8) is 0 Å². The molecule has 0 aliphatic heterocycles. The minimum atomic E-state index is -0.536. The Bertz CT molecular complexity index is 656. The summed E-state index contributed by atoms with van der Waals surface area (Å²) in [5.41, 5.74) is 6.70. The normalized spacial score (nSPS) is 10.3. The molecule has 0 saturated heterocycles. The number of benzene rings is 2. The first-order valence-electron chi connectivity index (χ1n) is 5.99. The fourth-order valence-electron chi connectivity index (χ4n) is 1.71. The molecule has 0 aliphatic rings. The molecule has 20 heavy (non-hydrogen) atoms. The van der Waals surface area contributed by atoms with Crippen molar-refractivity contribution in [3.8, 4) is 5.75 Å². The Morgan fingerprint density at radius 2 is 1.90 bits per heavy atom. The zero-order valence-corrected chi connectivity index (χ0v) is 10.9. The lowest BCUT2D eigenvalue weighted by Gasteiger charge is -2.09. The maximum absolute atomic E-state index is 13.8. The van der Waals surface area contributed by atoms with E-state index in [1.807, 2.05) is 6.92 Å². The summed E-state index contributed by atoms with van der Waals surface area (Å²) in [4.78, 5) is 0. The van der Waals surface area contributed by atoms with Crippen LogP contribution in [0.2, 0.25) is 0 Å². The minimum absolute atomic E-state index is 0.0834. The summed E-state index contributed by atoms with van der Waals surface area (Å²) in [6.07, 6.45) is 0. The number of ether oxygens (including phenoxy) is 1. The van der Waals surface area contributed by atoms with E-state index in [9.17, 15) is 8.78 Å². The van der Waals surface area contributed by atoms with Crippen molar-refractivity contribution in [1.82, 2.24) is 0 Å². The Morgan fingerprint density at radius 3 is 2.55 bits per heavy atom.